The van der Waals surface area contributed by atoms with Gasteiger partial charge >= 0.3 is 11.9 Å². The molecule has 1 fully saturated rings. The number of hydrogen-bond donors (Lipinski definition) is 2. The van der Waals surface area contributed by atoms with Crippen molar-refractivity contribution in [2.75, 3.05) is 20.8 Å². The first-order valence-electron chi connectivity index (χ1n) is 12.1. The van der Waals surface area contributed by atoms with Crippen LogP contribution in [0, 0.1) is 11.8 Å². The molecule has 10 nitrogen and oxygen atoms in total. The number of unbranched alkanes of at least 4 members (excludes halogenated alkanes) is 2. The maximum atomic E-state index is 13.3. The average molecular weight is 484 g/mol. The molecule has 0 aliphatic carbocycles. The molecule has 3 amide bonds. The van der Waals surface area contributed by atoms with Gasteiger partial charge in [-0.1, -0.05) is 47.0 Å². The first-order valence-corrected chi connectivity index (χ1v) is 12.1. The van der Waals surface area contributed by atoms with E-state index >= 15 is 0 Å². The van der Waals surface area contributed by atoms with Crippen LogP contribution in [0.1, 0.15) is 72.6 Å². The molecule has 0 saturated carbocycles. The lowest BCUT2D eigenvalue weighted by molar-refractivity contribution is -0.152. The van der Waals surface area contributed by atoms with Gasteiger partial charge in [-0.3, -0.25) is 19.2 Å². The van der Waals surface area contributed by atoms with Crippen molar-refractivity contribution in [3.05, 3.63) is 0 Å². The van der Waals surface area contributed by atoms with E-state index in [4.69, 9.17) is 4.74 Å². The number of carbonyl (C=O) groups excluding carboxylic acids is 5. The molecule has 1 aliphatic rings. The smallest absolute Gasteiger partial charge is 0.328 e. The molecule has 1 rings (SSSR count). The summed E-state index contributed by atoms with van der Waals surface area (Å²) in [6.45, 7) is 7.78. The largest absolute Gasteiger partial charge is 0.469 e. The lowest BCUT2D eigenvalue weighted by Gasteiger charge is -2.31. The second-order valence-electron chi connectivity index (χ2n) is 9.18. The van der Waals surface area contributed by atoms with Crippen molar-refractivity contribution >= 4 is 29.7 Å². The first-order chi connectivity index (χ1) is 16.1. The number of carbonyl (C=O) groups is 5. The Balaban J connectivity index is 2.97. The highest BCUT2D eigenvalue weighted by atomic mass is 16.5. The minimum atomic E-state index is -1.18. The monoisotopic (exact) mass is 483 g/mol. The number of amides is 3. The SMILES string of the molecule is CCCCC[C@H](C)C(=O)N[C@@H](CC(=O)OC)C(=O)N[C@H](C(=O)N1CCC[C@H]1C(=O)OC)C(C)C. The minimum absolute atomic E-state index is 0.294. The number of likely N-dealkylation sites (tertiary alicyclic amines) is 1. The quantitative estimate of drug-likeness (QED) is 0.300. The molecule has 0 unspecified atom stereocenters. The topological polar surface area (TPSA) is 131 Å². The number of methoxy groups -OCH3 is 2. The molecule has 0 aromatic rings. The van der Waals surface area contributed by atoms with Gasteiger partial charge < -0.3 is 25.0 Å². The van der Waals surface area contributed by atoms with Crippen LogP contribution in [-0.2, 0) is 33.4 Å². The zero-order chi connectivity index (χ0) is 25.8. The Hall–Kier alpha value is -2.65. The van der Waals surface area contributed by atoms with Crippen molar-refractivity contribution in [2.45, 2.75) is 90.8 Å². The lowest BCUT2D eigenvalue weighted by Crippen LogP contribution is -2.58. The number of ether oxygens (including phenoxy) is 2. The van der Waals surface area contributed by atoms with Crippen LogP contribution in [0.3, 0.4) is 0 Å². The number of nitrogens with one attached hydrogen (secondary N) is 2. The van der Waals surface area contributed by atoms with Gasteiger partial charge in [0.2, 0.25) is 17.7 Å². The number of esters is 2. The summed E-state index contributed by atoms with van der Waals surface area (Å²) in [5, 5.41) is 5.34. The first kappa shape index (κ1) is 29.4. The van der Waals surface area contributed by atoms with Crippen LogP contribution >= 0.6 is 0 Å². The second kappa shape index (κ2) is 14.6. The Labute approximate surface area is 202 Å². The number of rotatable bonds is 13. The fraction of sp³-hybridized carbons (Fsp3) is 0.792. The summed E-state index contributed by atoms with van der Waals surface area (Å²) in [5.41, 5.74) is 0. The Morgan fingerprint density at radius 3 is 2.21 bits per heavy atom. The van der Waals surface area contributed by atoms with E-state index < -0.39 is 41.9 Å². The fourth-order valence-corrected chi connectivity index (χ4v) is 3.96. The zero-order valence-electron chi connectivity index (χ0n) is 21.3. The third kappa shape index (κ3) is 8.61. The van der Waals surface area contributed by atoms with Gasteiger partial charge in [0.25, 0.3) is 0 Å². The highest BCUT2D eigenvalue weighted by Gasteiger charge is 2.40. The molecule has 4 atom stereocenters. The Kier molecular flexibility index (Phi) is 12.6. The summed E-state index contributed by atoms with van der Waals surface area (Å²) >= 11 is 0. The summed E-state index contributed by atoms with van der Waals surface area (Å²) < 4.78 is 9.50. The van der Waals surface area contributed by atoms with E-state index in [2.05, 4.69) is 22.3 Å². The van der Waals surface area contributed by atoms with Crippen molar-refractivity contribution < 1.29 is 33.4 Å². The molecule has 2 N–H and O–H groups in total. The molecule has 0 spiro atoms. The molecule has 194 valence electrons. The summed E-state index contributed by atoms with van der Waals surface area (Å²) in [6, 6.07) is -2.81. The van der Waals surface area contributed by atoms with Gasteiger partial charge in [-0.25, -0.2) is 4.79 Å². The fourth-order valence-electron chi connectivity index (χ4n) is 3.96. The van der Waals surface area contributed by atoms with E-state index in [0.29, 0.717) is 25.8 Å². The van der Waals surface area contributed by atoms with Crippen LogP contribution in [0.4, 0.5) is 0 Å². The predicted molar refractivity (Wildman–Crippen MR) is 125 cm³/mol. The molecule has 0 bridgehead atoms. The van der Waals surface area contributed by atoms with Gasteiger partial charge in [0.05, 0.1) is 20.6 Å². The molecule has 10 heteroatoms. The van der Waals surface area contributed by atoms with Gasteiger partial charge in [0.15, 0.2) is 0 Å². The van der Waals surface area contributed by atoms with Gasteiger partial charge in [0, 0.05) is 12.5 Å². The van der Waals surface area contributed by atoms with E-state index in [-0.39, 0.29) is 24.2 Å². The summed E-state index contributed by atoms with van der Waals surface area (Å²) in [4.78, 5) is 64.5. The molecule has 1 saturated heterocycles. The van der Waals surface area contributed by atoms with Crippen molar-refractivity contribution in [2.24, 2.45) is 11.8 Å². The van der Waals surface area contributed by atoms with E-state index in [9.17, 15) is 24.0 Å². The van der Waals surface area contributed by atoms with E-state index in [0.717, 1.165) is 19.3 Å². The molecule has 1 aliphatic heterocycles. The van der Waals surface area contributed by atoms with E-state index in [1.165, 1.54) is 19.1 Å². The van der Waals surface area contributed by atoms with Crippen LogP contribution < -0.4 is 10.6 Å². The maximum Gasteiger partial charge on any atom is 0.328 e. The van der Waals surface area contributed by atoms with Crippen LogP contribution in [0.5, 0.6) is 0 Å². The highest BCUT2D eigenvalue weighted by molar-refractivity contribution is 5.95. The van der Waals surface area contributed by atoms with Crippen molar-refractivity contribution in [1.82, 2.24) is 15.5 Å². The molecule has 34 heavy (non-hydrogen) atoms. The van der Waals surface area contributed by atoms with Gasteiger partial charge in [-0.05, 0) is 25.2 Å². The highest BCUT2D eigenvalue weighted by Crippen LogP contribution is 2.21. The number of nitrogens with zero attached hydrogens (tertiary/aromatic N) is 1. The Bertz CT molecular complexity index is 725. The van der Waals surface area contributed by atoms with Crippen LogP contribution in [0.15, 0.2) is 0 Å². The lowest BCUT2D eigenvalue weighted by atomic mass is 10.00. The van der Waals surface area contributed by atoms with Crippen LogP contribution in [0.2, 0.25) is 0 Å². The van der Waals surface area contributed by atoms with Crippen molar-refractivity contribution in [3.63, 3.8) is 0 Å². The van der Waals surface area contributed by atoms with Crippen molar-refractivity contribution in [3.8, 4) is 0 Å². The third-order valence-corrected chi connectivity index (χ3v) is 6.16. The van der Waals surface area contributed by atoms with Crippen LogP contribution in [0.25, 0.3) is 0 Å². The summed E-state index contributed by atoms with van der Waals surface area (Å²) in [6.07, 6.45) is 4.38. The predicted octanol–water partition coefficient (Wildman–Crippen LogP) is 1.56. The Morgan fingerprint density at radius 2 is 1.65 bits per heavy atom. The van der Waals surface area contributed by atoms with Gasteiger partial charge in [-0.2, -0.15) is 0 Å². The summed E-state index contributed by atoms with van der Waals surface area (Å²) in [7, 11) is 2.47. The van der Waals surface area contributed by atoms with E-state index in [1.807, 2.05) is 0 Å². The maximum absolute atomic E-state index is 13.3. The van der Waals surface area contributed by atoms with Crippen LogP contribution in [-0.4, -0.2) is 73.4 Å². The molecule has 0 aromatic heterocycles. The zero-order valence-corrected chi connectivity index (χ0v) is 21.3. The second-order valence-corrected chi connectivity index (χ2v) is 9.18. The Morgan fingerprint density at radius 1 is 0.971 bits per heavy atom. The minimum Gasteiger partial charge on any atom is -0.469 e. The molecule has 0 radical (unpaired) electrons. The molecule has 1 heterocycles. The summed E-state index contributed by atoms with van der Waals surface area (Å²) in [5.74, 6) is -3.15. The van der Waals surface area contributed by atoms with Crippen molar-refractivity contribution in [1.29, 1.82) is 0 Å². The average Bonchev–Trinajstić information content (AvgIpc) is 3.30. The number of hydrogen-bond acceptors (Lipinski definition) is 7. The van der Waals surface area contributed by atoms with E-state index in [1.54, 1.807) is 20.8 Å². The van der Waals surface area contributed by atoms with Gasteiger partial charge in [0.1, 0.15) is 18.1 Å². The normalized spacial score (nSPS) is 18.1. The molecular formula is C24H41N3O7. The standard InChI is InChI=1S/C24H41N3O7/c1-7-8-9-11-16(4)21(29)25-17(14-19(28)33-5)22(30)26-20(15(2)3)23(31)27-13-10-12-18(27)24(32)34-6/h15-18,20H,7-14H2,1-6H3,(H,25,29)(H,26,30)/t16-,17-,18-,20-/m0/s1. The third-order valence-electron chi connectivity index (χ3n) is 6.16. The molecular weight excluding hydrogens is 442 g/mol. The van der Waals surface area contributed by atoms with Gasteiger partial charge in [-0.15, -0.1) is 0 Å². The molecule has 0 aromatic carbocycles.